The molecule has 3 N–H and O–H groups in total. The van der Waals surface area contributed by atoms with Crippen LogP contribution in [0.4, 0.5) is 0 Å². The van der Waals surface area contributed by atoms with Gasteiger partial charge in [0.2, 0.25) is 0 Å². The van der Waals surface area contributed by atoms with Crippen molar-refractivity contribution in [3.63, 3.8) is 0 Å². The Morgan fingerprint density at radius 3 is 3.00 bits per heavy atom. The van der Waals surface area contributed by atoms with Crippen molar-refractivity contribution >= 4 is 12.4 Å². The molecule has 86 valence electrons. The molecule has 1 aliphatic heterocycles. The molecule has 4 heteroatoms. The maximum Gasteiger partial charge on any atom is 0.0446 e. The van der Waals surface area contributed by atoms with Crippen LogP contribution in [0.3, 0.4) is 0 Å². The minimum absolute atomic E-state index is 0. The van der Waals surface area contributed by atoms with E-state index in [1.165, 1.54) is 25.1 Å². The van der Waals surface area contributed by atoms with Crippen molar-refractivity contribution < 1.29 is 0 Å². The summed E-state index contributed by atoms with van der Waals surface area (Å²) in [4.78, 5) is 3.24. The Balaban J connectivity index is 0.00000112. The summed E-state index contributed by atoms with van der Waals surface area (Å²) in [5.41, 5.74) is 1.27. The second-order valence-electron chi connectivity index (χ2n) is 4.06. The first-order valence-electron chi connectivity index (χ1n) is 5.46. The number of hydrogen-bond donors (Lipinski definition) is 3. The minimum atomic E-state index is 0. The fourth-order valence-corrected chi connectivity index (χ4v) is 2.05. The molecule has 2 atom stereocenters. The average Bonchev–Trinajstić information content (AvgIpc) is 2.72. The molecule has 0 aromatic carbocycles. The number of aromatic amines is 1. The van der Waals surface area contributed by atoms with Crippen LogP contribution in [-0.4, -0.2) is 24.1 Å². The lowest BCUT2D eigenvalue weighted by atomic mass is 10.1. The van der Waals surface area contributed by atoms with E-state index in [1.54, 1.807) is 0 Å². The Labute approximate surface area is 97.4 Å². The summed E-state index contributed by atoms with van der Waals surface area (Å²) in [5.74, 6) is 0. The first-order chi connectivity index (χ1) is 6.86. The Hall–Kier alpha value is -0.510. The lowest BCUT2D eigenvalue weighted by molar-refractivity contribution is 0.360. The second-order valence-corrected chi connectivity index (χ2v) is 4.06. The molecule has 3 nitrogen and oxygen atoms in total. The lowest BCUT2D eigenvalue weighted by Crippen LogP contribution is -2.44. The van der Waals surface area contributed by atoms with Crippen LogP contribution >= 0.6 is 12.4 Å². The first-order valence-corrected chi connectivity index (χ1v) is 5.46. The van der Waals surface area contributed by atoms with Gasteiger partial charge in [-0.05, 0) is 38.4 Å². The fourth-order valence-electron chi connectivity index (χ4n) is 2.05. The zero-order valence-corrected chi connectivity index (χ0v) is 9.94. The van der Waals surface area contributed by atoms with Crippen LogP contribution in [0.15, 0.2) is 18.3 Å². The molecule has 1 saturated heterocycles. The molecule has 0 bridgehead atoms. The summed E-state index contributed by atoms with van der Waals surface area (Å²) >= 11 is 0. The Bertz CT molecular complexity index is 255. The van der Waals surface area contributed by atoms with Crippen LogP contribution < -0.4 is 10.6 Å². The molecule has 0 spiro atoms. The van der Waals surface area contributed by atoms with E-state index in [1.807, 2.05) is 12.3 Å². The van der Waals surface area contributed by atoms with Crippen molar-refractivity contribution in [1.29, 1.82) is 0 Å². The molecule has 1 aromatic rings. The summed E-state index contributed by atoms with van der Waals surface area (Å²) in [6.07, 6.45) is 4.56. The van der Waals surface area contributed by atoms with Gasteiger partial charge in [0.05, 0.1) is 0 Å². The van der Waals surface area contributed by atoms with E-state index in [4.69, 9.17) is 0 Å². The topological polar surface area (TPSA) is 39.8 Å². The van der Waals surface area contributed by atoms with Gasteiger partial charge in [-0.25, -0.2) is 0 Å². The van der Waals surface area contributed by atoms with Crippen molar-refractivity contribution in [3.05, 3.63) is 24.0 Å². The first kappa shape index (κ1) is 12.6. The summed E-state index contributed by atoms with van der Waals surface area (Å²) < 4.78 is 0. The van der Waals surface area contributed by atoms with E-state index in [-0.39, 0.29) is 12.4 Å². The highest BCUT2D eigenvalue weighted by atomic mass is 35.5. The fraction of sp³-hybridized carbons (Fsp3) is 0.636. The Morgan fingerprint density at radius 1 is 1.53 bits per heavy atom. The van der Waals surface area contributed by atoms with Gasteiger partial charge >= 0.3 is 0 Å². The molecular weight excluding hydrogens is 210 g/mol. The number of H-pyrrole nitrogens is 1. The zero-order chi connectivity index (χ0) is 9.80. The van der Waals surface area contributed by atoms with Gasteiger partial charge in [0.25, 0.3) is 0 Å². The zero-order valence-electron chi connectivity index (χ0n) is 9.12. The summed E-state index contributed by atoms with van der Waals surface area (Å²) in [5, 5.41) is 7.04. The third kappa shape index (κ3) is 3.52. The van der Waals surface area contributed by atoms with Crippen LogP contribution in [0, 0.1) is 0 Å². The monoisotopic (exact) mass is 229 g/mol. The van der Waals surface area contributed by atoms with E-state index in [9.17, 15) is 0 Å². The largest absolute Gasteiger partial charge is 0.364 e. The van der Waals surface area contributed by atoms with Crippen LogP contribution in [0.2, 0.25) is 0 Å². The molecule has 0 amide bonds. The van der Waals surface area contributed by atoms with Gasteiger partial charge < -0.3 is 15.6 Å². The number of rotatable bonds is 3. The summed E-state index contributed by atoms with van der Waals surface area (Å²) in [6.45, 7) is 4.49. The molecule has 1 fully saturated rings. The molecule has 2 heterocycles. The molecule has 1 aromatic heterocycles. The van der Waals surface area contributed by atoms with Gasteiger partial charge in [-0.15, -0.1) is 12.4 Å². The third-order valence-corrected chi connectivity index (χ3v) is 2.87. The number of hydrogen-bond acceptors (Lipinski definition) is 2. The minimum Gasteiger partial charge on any atom is -0.364 e. The second kappa shape index (κ2) is 6.16. The normalized spacial score (nSPS) is 23.1. The summed E-state index contributed by atoms with van der Waals surface area (Å²) in [7, 11) is 0. The highest BCUT2D eigenvalue weighted by Crippen LogP contribution is 2.12. The van der Waals surface area contributed by atoms with Crippen molar-refractivity contribution in [2.24, 2.45) is 0 Å². The van der Waals surface area contributed by atoms with Crippen molar-refractivity contribution in [2.75, 3.05) is 13.1 Å². The van der Waals surface area contributed by atoms with E-state index in [0.717, 1.165) is 6.54 Å². The van der Waals surface area contributed by atoms with Crippen molar-refractivity contribution in [1.82, 2.24) is 15.6 Å². The molecule has 1 unspecified atom stereocenters. The van der Waals surface area contributed by atoms with E-state index in [0.29, 0.717) is 12.1 Å². The number of nitrogens with one attached hydrogen (secondary N) is 3. The molecular formula is C11H20ClN3. The van der Waals surface area contributed by atoms with E-state index >= 15 is 0 Å². The quantitative estimate of drug-likeness (QED) is 0.740. The Morgan fingerprint density at radius 2 is 2.40 bits per heavy atom. The number of piperidine rings is 1. The Kier molecular flexibility index (Phi) is 5.15. The molecule has 0 aliphatic carbocycles. The van der Waals surface area contributed by atoms with Crippen LogP contribution in [0.25, 0.3) is 0 Å². The maximum absolute atomic E-state index is 3.63. The number of aromatic nitrogens is 1. The van der Waals surface area contributed by atoms with Gasteiger partial charge in [0, 0.05) is 30.5 Å². The van der Waals surface area contributed by atoms with Gasteiger partial charge in [-0.3, -0.25) is 0 Å². The third-order valence-electron chi connectivity index (χ3n) is 2.87. The smallest absolute Gasteiger partial charge is 0.0446 e. The van der Waals surface area contributed by atoms with Gasteiger partial charge in [-0.1, -0.05) is 0 Å². The van der Waals surface area contributed by atoms with Gasteiger partial charge in [0.15, 0.2) is 0 Å². The predicted octanol–water partition coefficient (Wildman–Crippen LogP) is 1.84. The van der Waals surface area contributed by atoms with Crippen LogP contribution in [-0.2, 0) is 0 Å². The van der Waals surface area contributed by atoms with E-state index < -0.39 is 0 Å². The van der Waals surface area contributed by atoms with Crippen molar-refractivity contribution in [2.45, 2.75) is 31.8 Å². The highest BCUT2D eigenvalue weighted by Gasteiger charge is 2.15. The van der Waals surface area contributed by atoms with Gasteiger partial charge in [-0.2, -0.15) is 0 Å². The van der Waals surface area contributed by atoms with Gasteiger partial charge in [0.1, 0.15) is 0 Å². The lowest BCUT2D eigenvalue weighted by Gasteiger charge is -2.26. The molecule has 0 radical (unpaired) electrons. The van der Waals surface area contributed by atoms with Crippen LogP contribution in [0.5, 0.6) is 0 Å². The predicted molar refractivity (Wildman–Crippen MR) is 65.5 cm³/mol. The van der Waals surface area contributed by atoms with E-state index in [2.05, 4.69) is 28.6 Å². The van der Waals surface area contributed by atoms with Crippen molar-refractivity contribution in [3.8, 4) is 0 Å². The molecule has 2 rings (SSSR count). The standard InChI is InChI=1S/C11H19N3.ClH/c1-9(11-5-3-7-13-11)14-10-4-2-6-12-8-10;/h3,5,7,9-10,12-14H,2,4,6,8H2,1H3;1H/t9?,10-;/m0./s1. The molecule has 1 aliphatic rings. The molecule has 15 heavy (non-hydrogen) atoms. The highest BCUT2D eigenvalue weighted by molar-refractivity contribution is 5.85. The SMILES string of the molecule is CC(N[C@H]1CCCNC1)c1ccc[nH]1.Cl. The average molecular weight is 230 g/mol. The van der Waals surface area contributed by atoms with Crippen LogP contribution in [0.1, 0.15) is 31.5 Å². The summed E-state index contributed by atoms with van der Waals surface area (Å²) in [6, 6.07) is 5.23. The number of halogens is 1. The molecule has 0 saturated carbocycles. The maximum atomic E-state index is 3.63.